The van der Waals surface area contributed by atoms with E-state index in [1.54, 1.807) is 50.4 Å². The van der Waals surface area contributed by atoms with Crippen LogP contribution in [0.1, 0.15) is 13.8 Å². The number of nitrogens with one attached hydrogen (secondary N) is 1. The van der Waals surface area contributed by atoms with E-state index in [1.165, 1.54) is 11.8 Å². The van der Waals surface area contributed by atoms with Gasteiger partial charge in [-0.25, -0.2) is 0 Å². The average molecular weight is 312 g/mol. The van der Waals surface area contributed by atoms with Gasteiger partial charge in [-0.05, 0) is 43.3 Å². The lowest BCUT2D eigenvalue weighted by Crippen LogP contribution is -2.30. The number of carbonyl (C=O) groups is 2. The molecule has 2 amide bonds. The summed E-state index contributed by atoms with van der Waals surface area (Å²) in [5.41, 5.74) is 1.42. The van der Waals surface area contributed by atoms with Crippen molar-refractivity contribution in [2.24, 2.45) is 0 Å². The first-order valence-corrected chi connectivity index (χ1v) is 7.34. The Bertz CT molecular complexity index is 668. The molecule has 5 nitrogen and oxygen atoms in total. The van der Waals surface area contributed by atoms with Crippen molar-refractivity contribution >= 4 is 23.2 Å². The molecule has 0 aliphatic heterocycles. The SMILES string of the molecule is CC(=O)N(C)c1ccc(NC(=O)C(C)Oc2ccccc2)cc1. The molecule has 2 rings (SSSR count). The molecule has 5 heteroatoms. The van der Waals surface area contributed by atoms with Crippen LogP contribution in [0.2, 0.25) is 0 Å². The number of hydrogen-bond donors (Lipinski definition) is 1. The predicted octanol–water partition coefficient (Wildman–Crippen LogP) is 3.08. The van der Waals surface area contributed by atoms with Crippen LogP contribution in [0.25, 0.3) is 0 Å². The van der Waals surface area contributed by atoms with Crippen molar-refractivity contribution in [1.82, 2.24) is 0 Å². The van der Waals surface area contributed by atoms with E-state index in [0.29, 0.717) is 11.4 Å². The summed E-state index contributed by atoms with van der Waals surface area (Å²) in [6.45, 7) is 3.19. The molecular weight excluding hydrogens is 292 g/mol. The second-order valence-electron chi connectivity index (χ2n) is 5.19. The second kappa shape index (κ2) is 7.45. The van der Waals surface area contributed by atoms with Crippen molar-refractivity contribution in [1.29, 1.82) is 0 Å². The number of para-hydroxylation sites is 1. The van der Waals surface area contributed by atoms with Gasteiger partial charge in [-0.2, -0.15) is 0 Å². The third-order valence-corrected chi connectivity index (χ3v) is 3.42. The van der Waals surface area contributed by atoms with Crippen LogP contribution in [0.5, 0.6) is 5.75 Å². The smallest absolute Gasteiger partial charge is 0.265 e. The van der Waals surface area contributed by atoms with E-state index < -0.39 is 6.10 Å². The molecule has 0 saturated carbocycles. The molecule has 23 heavy (non-hydrogen) atoms. The number of nitrogens with zero attached hydrogens (tertiary/aromatic N) is 1. The molecule has 0 aliphatic rings. The van der Waals surface area contributed by atoms with Crippen LogP contribution >= 0.6 is 0 Å². The first-order valence-electron chi connectivity index (χ1n) is 7.34. The van der Waals surface area contributed by atoms with Gasteiger partial charge in [-0.3, -0.25) is 9.59 Å². The summed E-state index contributed by atoms with van der Waals surface area (Å²) < 4.78 is 5.58. The maximum absolute atomic E-state index is 12.1. The van der Waals surface area contributed by atoms with Crippen LogP contribution in [0.15, 0.2) is 54.6 Å². The first kappa shape index (κ1) is 16.5. The molecular formula is C18H20N2O3. The zero-order valence-electron chi connectivity index (χ0n) is 13.4. The van der Waals surface area contributed by atoms with Crippen LogP contribution in [0, 0.1) is 0 Å². The Kier molecular flexibility index (Phi) is 5.36. The third-order valence-electron chi connectivity index (χ3n) is 3.42. The molecule has 0 fully saturated rings. The van der Waals surface area contributed by atoms with Crippen LogP contribution in [-0.2, 0) is 9.59 Å². The summed E-state index contributed by atoms with van der Waals surface area (Å²) in [6, 6.07) is 16.3. The lowest BCUT2D eigenvalue weighted by molar-refractivity contribution is -0.122. The fourth-order valence-corrected chi connectivity index (χ4v) is 1.95. The number of benzene rings is 2. The van der Waals surface area contributed by atoms with Crippen LogP contribution in [0.3, 0.4) is 0 Å². The average Bonchev–Trinajstić information content (AvgIpc) is 2.55. The number of anilines is 2. The van der Waals surface area contributed by atoms with E-state index >= 15 is 0 Å². The van der Waals surface area contributed by atoms with Gasteiger partial charge in [0.05, 0.1) is 0 Å². The predicted molar refractivity (Wildman–Crippen MR) is 90.7 cm³/mol. The molecule has 0 aliphatic carbocycles. The van der Waals surface area contributed by atoms with E-state index in [1.807, 2.05) is 18.2 Å². The summed E-state index contributed by atoms with van der Waals surface area (Å²) in [7, 11) is 1.70. The number of ether oxygens (including phenoxy) is 1. The van der Waals surface area contributed by atoms with Gasteiger partial charge in [0.1, 0.15) is 5.75 Å². The molecule has 1 atom stereocenters. The van der Waals surface area contributed by atoms with E-state index in [2.05, 4.69) is 5.32 Å². The molecule has 120 valence electrons. The van der Waals surface area contributed by atoms with Gasteiger partial charge in [-0.15, -0.1) is 0 Å². The minimum absolute atomic E-state index is 0.0494. The van der Waals surface area contributed by atoms with Gasteiger partial charge < -0.3 is 15.0 Å². The standard InChI is InChI=1S/C18H20N2O3/c1-13(23-17-7-5-4-6-8-17)18(22)19-15-9-11-16(12-10-15)20(3)14(2)21/h4-13H,1-3H3,(H,19,22). The summed E-state index contributed by atoms with van der Waals surface area (Å²) >= 11 is 0. The molecule has 1 N–H and O–H groups in total. The number of hydrogen-bond acceptors (Lipinski definition) is 3. The highest BCUT2D eigenvalue weighted by Crippen LogP contribution is 2.18. The molecule has 0 saturated heterocycles. The minimum atomic E-state index is -0.614. The number of rotatable bonds is 5. The Morgan fingerprint density at radius 1 is 1.04 bits per heavy atom. The van der Waals surface area contributed by atoms with Crippen LogP contribution in [0.4, 0.5) is 11.4 Å². The Hall–Kier alpha value is -2.82. The van der Waals surface area contributed by atoms with E-state index in [4.69, 9.17) is 4.74 Å². The molecule has 0 radical (unpaired) electrons. The van der Waals surface area contributed by atoms with Crippen molar-refractivity contribution < 1.29 is 14.3 Å². The van der Waals surface area contributed by atoms with Crippen molar-refractivity contribution in [2.45, 2.75) is 20.0 Å². The Morgan fingerprint density at radius 3 is 2.22 bits per heavy atom. The highest BCUT2D eigenvalue weighted by atomic mass is 16.5. The van der Waals surface area contributed by atoms with Crippen LogP contribution < -0.4 is 15.0 Å². The van der Waals surface area contributed by atoms with Crippen molar-refractivity contribution in [2.75, 3.05) is 17.3 Å². The van der Waals surface area contributed by atoms with Crippen LogP contribution in [-0.4, -0.2) is 25.0 Å². The first-order chi connectivity index (χ1) is 11.0. The molecule has 0 aromatic heterocycles. The van der Waals surface area contributed by atoms with E-state index in [-0.39, 0.29) is 11.8 Å². The maximum atomic E-state index is 12.1. The molecule has 2 aromatic rings. The molecule has 2 aromatic carbocycles. The summed E-state index contributed by atoms with van der Waals surface area (Å²) in [5.74, 6) is 0.363. The highest BCUT2D eigenvalue weighted by molar-refractivity contribution is 5.95. The minimum Gasteiger partial charge on any atom is -0.481 e. The fourth-order valence-electron chi connectivity index (χ4n) is 1.95. The molecule has 0 spiro atoms. The molecule has 0 bridgehead atoms. The normalized spacial score (nSPS) is 11.4. The third kappa shape index (κ3) is 4.57. The van der Waals surface area contributed by atoms with Gasteiger partial charge in [0.2, 0.25) is 5.91 Å². The molecule has 1 unspecified atom stereocenters. The highest BCUT2D eigenvalue weighted by Gasteiger charge is 2.15. The van der Waals surface area contributed by atoms with E-state index in [9.17, 15) is 9.59 Å². The summed E-state index contributed by atoms with van der Waals surface area (Å²) in [6.07, 6.45) is -0.614. The second-order valence-corrected chi connectivity index (χ2v) is 5.19. The van der Waals surface area contributed by atoms with Crippen molar-refractivity contribution in [3.05, 3.63) is 54.6 Å². The van der Waals surface area contributed by atoms with Gasteiger partial charge >= 0.3 is 0 Å². The summed E-state index contributed by atoms with van der Waals surface area (Å²) in [4.78, 5) is 25.0. The number of amides is 2. The summed E-state index contributed by atoms with van der Waals surface area (Å²) in [5, 5.41) is 2.79. The Labute approximate surface area is 135 Å². The maximum Gasteiger partial charge on any atom is 0.265 e. The Morgan fingerprint density at radius 2 is 1.65 bits per heavy atom. The fraction of sp³-hybridized carbons (Fsp3) is 0.222. The quantitative estimate of drug-likeness (QED) is 0.923. The van der Waals surface area contributed by atoms with E-state index in [0.717, 1.165) is 5.69 Å². The molecule has 0 heterocycles. The van der Waals surface area contributed by atoms with Gasteiger partial charge in [0, 0.05) is 25.3 Å². The Balaban J connectivity index is 1.96. The monoisotopic (exact) mass is 312 g/mol. The van der Waals surface area contributed by atoms with Gasteiger partial charge in [0.25, 0.3) is 5.91 Å². The lowest BCUT2D eigenvalue weighted by Gasteiger charge is -2.17. The lowest BCUT2D eigenvalue weighted by atomic mass is 10.2. The van der Waals surface area contributed by atoms with Gasteiger partial charge in [0.15, 0.2) is 6.10 Å². The largest absolute Gasteiger partial charge is 0.481 e. The topological polar surface area (TPSA) is 58.6 Å². The zero-order chi connectivity index (χ0) is 16.8. The van der Waals surface area contributed by atoms with Gasteiger partial charge in [-0.1, -0.05) is 18.2 Å². The van der Waals surface area contributed by atoms with Crippen molar-refractivity contribution in [3.63, 3.8) is 0 Å². The number of carbonyl (C=O) groups excluding carboxylic acids is 2. The van der Waals surface area contributed by atoms with Crippen molar-refractivity contribution in [3.8, 4) is 5.75 Å². The zero-order valence-corrected chi connectivity index (χ0v) is 13.4.